The Hall–Kier alpha value is -1.67. The normalized spacial score (nSPS) is 16.3. The Kier molecular flexibility index (Phi) is 3.55. The van der Waals surface area contributed by atoms with Crippen molar-refractivity contribution in [2.24, 2.45) is 0 Å². The molecule has 0 amide bonds. The SMILES string of the molecule is N#CC(COc1cccc(F)c1F)NC1CC1. The van der Waals surface area contributed by atoms with Gasteiger partial charge in [-0.25, -0.2) is 4.39 Å². The summed E-state index contributed by atoms with van der Waals surface area (Å²) in [7, 11) is 0. The van der Waals surface area contributed by atoms with E-state index in [0.29, 0.717) is 6.04 Å². The molecule has 0 bridgehead atoms. The highest BCUT2D eigenvalue weighted by molar-refractivity contribution is 5.25. The summed E-state index contributed by atoms with van der Waals surface area (Å²) in [5.74, 6) is -2.13. The van der Waals surface area contributed by atoms with Crippen LogP contribution in [0.4, 0.5) is 8.78 Å². The van der Waals surface area contributed by atoms with Gasteiger partial charge in [-0.3, -0.25) is 5.32 Å². The first-order valence-electron chi connectivity index (χ1n) is 5.43. The van der Waals surface area contributed by atoms with Gasteiger partial charge >= 0.3 is 0 Å². The molecule has 90 valence electrons. The van der Waals surface area contributed by atoms with E-state index in [1.165, 1.54) is 12.1 Å². The van der Waals surface area contributed by atoms with Crippen LogP contribution < -0.4 is 10.1 Å². The van der Waals surface area contributed by atoms with Gasteiger partial charge in [-0.1, -0.05) is 6.07 Å². The number of nitriles is 1. The average Bonchev–Trinajstić information content (AvgIpc) is 3.13. The van der Waals surface area contributed by atoms with Crippen molar-refractivity contribution in [1.82, 2.24) is 5.32 Å². The molecule has 3 nitrogen and oxygen atoms in total. The van der Waals surface area contributed by atoms with Gasteiger partial charge in [0.2, 0.25) is 5.82 Å². The number of nitrogens with zero attached hydrogens (tertiary/aromatic N) is 1. The third-order valence-corrected chi connectivity index (χ3v) is 2.49. The van der Waals surface area contributed by atoms with E-state index in [4.69, 9.17) is 10.00 Å². The zero-order valence-electron chi connectivity index (χ0n) is 9.12. The average molecular weight is 238 g/mol. The highest BCUT2D eigenvalue weighted by Gasteiger charge is 2.25. The van der Waals surface area contributed by atoms with Crippen LogP contribution in [-0.4, -0.2) is 18.7 Å². The molecule has 1 aromatic carbocycles. The lowest BCUT2D eigenvalue weighted by atomic mass is 10.3. The molecule has 2 rings (SSSR count). The molecule has 0 aromatic heterocycles. The first kappa shape index (κ1) is 11.8. The fourth-order valence-corrected chi connectivity index (χ4v) is 1.43. The van der Waals surface area contributed by atoms with Crippen LogP contribution in [0, 0.1) is 23.0 Å². The maximum atomic E-state index is 13.2. The van der Waals surface area contributed by atoms with E-state index in [-0.39, 0.29) is 12.4 Å². The van der Waals surface area contributed by atoms with Gasteiger partial charge in [0.05, 0.1) is 6.07 Å². The molecule has 1 aliphatic carbocycles. The second kappa shape index (κ2) is 5.11. The largest absolute Gasteiger partial charge is 0.488 e. The molecule has 17 heavy (non-hydrogen) atoms. The van der Waals surface area contributed by atoms with Crippen LogP contribution >= 0.6 is 0 Å². The second-order valence-corrected chi connectivity index (χ2v) is 3.99. The molecular weight excluding hydrogens is 226 g/mol. The lowest BCUT2D eigenvalue weighted by Crippen LogP contribution is -2.34. The van der Waals surface area contributed by atoms with E-state index in [1.807, 2.05) is 6.07 Å². The number of rotatable bonds is 5. The van der Waals surface area contributed by atoms with Crippen molar-refractivity contribution in [3.63, 3.8) is 0 Å². The third kappa shape index (κ3) is 3.14. The van der Waals surface area contributed by atoms with E-state index in [2.05, 4.69) is 5.32 Å². The van der Waals surface area contributed by atoms with Crippen molar-refractivity contribution < 1.29 is 13.5 Å². The number of halogens is 2. The Labute approximate surface area is 98.0 Å². The number of benzene rings is 1. The van der Waals surface area contributed by atoms with Crippen LogP contribution in [0.2, 0.25) is 0 Å². The molecule has 0 saturated heterocycles. The first-order chi connectivity index (χ1) is 8.20. The van der Waals surface area contributed by atoms with Gasteiger partial charge in [0.25, 0.3) is 0 Å². The van der Waals surface area contributed by atoms with Crippen LogP contribution in [0.5, 0.6) is 5.75 Å². The zero-order chi connectivity index (χ0) is 12.3. The minimum absolute atomic E-state index is 0.00731. The van der Waals surface area contributed by atoms with Crippen molar-refractivity contribution >= 4 is 0 Å². The van der Waals surface area contributed by atoms with Crippen LogP contribution in [0.15, 0.2) is 18.2 Å². The monoisotopic (exact) mass is 238 g/mol. The highest BCUT2D eigenvalue weighted by atomic mass is 19.2. The maximum absolute atomic E-state index is 13.2. The van der Waals surface area contributed by atoms with E-state index in [0.717, 1.165) is 18.9 Å². The van der Waals surface area contributed by atoms with E-state index in [1.54, 1.807) is 0 Å². The summed E-state index contributed by atoms with van der Waals surface area (Å²) in [5, 5.41) is 11.9. The third-order valence-electron chi connectivity index (χ3n) is 2.49. The van der Waals surface area contributed by atoms with Crippen LogP contribution in [0.3, 0.4) is 0 Å². The van der Waals surface area contributed by atoms with Gasteiger partial charge in [-0.15, -0.1) is 0 Å². The molecule has 1 atom stereocenters. The molecule has 0 radical (unpaired) electrons. The van der Waals surface area contributed by atoms with Crippen molar-refractivity contribution in [3.05, 3.63) is 29.8 Å². The van der Waals surface area contributed by atoms with Crippen molar-refractivity contribution in [2.45, 2.75) is 24.9 Å². The lowest BCUT2D eigenvalue weighted by Gasteiger charge is -2.12. The minimum atomic E-state index is -1.02. The van der Waals surface area contributed by atoms with Gasteiger partial charge in [0, 0.05) is 6.04 Å². The minimum Gasteiger partial charge on any atom is -0.488 e. The molecule has 1 saturated carbocycles. The van der Waals surface area contributed by atoms with Crippen molar-refractivity contribution in [1.29, 1.82) is 5.26 Å². The Balaban J connectivity index is 1.91. The maximum Gasteiger partial charge on any atom is 0.200 e. The summed E-state index contributed by atoms with van der Waals surface area (Å²) in [6.45, 7) is 0.00731. The van der Waals surface area contributed by atoms with Crippen molar-refractivity contribution in [3.8, 4) is 11.8 Å². The molecule has 1 aliphatic rings. The standard InChI is InChI=1S/C12H12F2N2O/c13-10-2-1-3-11(12(10)14)17-7-9(6-15)16-8-4-5-8/h1-3,8-9,16H,4-5,7H2. The summed E-state index contributed by atoms with van der Waals surface area (Å²) >= 11 is 0. The molecule has 5 heteroatoms. The fraction of sp³-hybridized carbons (Fsp3) is 0.417. The van der Waals surface area contributed by atoms with Gasteiger partial charge in [0.15, 0.2) is 11.6 Å². The topological polar surface area (TPSA) is 45.0 Å². The summed E-state index contributed by atoms with van der Waals surface area (Å²) < 4.78 is 31.2. The first-order valence-corrected chi connectivity index (χ1v) is 5.43. The molecule has 1 N–H and O–H groups in total. The molecule has 1 unspecified atom stereocenters. The Bertz CT molecular complexity index is 441. The molecule has 1 aromatic rings. The fourth-order valence-electron chi connectivity index (χ4n) is 1.43. The summed E-state index contributed by atoms with van der Waals surface area (Å²) in [6.07, 6.45) is 2.10. The summed E-state index contributed by atoms with van der Waals surface area (Å²) in [5.41, 5.74) is 0. The predicted octanol–water partition coefficient (Wildman–Crippen LogP) is 1.99. The lowest BCUT2D eigenvalue weighted by molar-refractivity contribution is 0.271. The second-order valence-electron chi connectivity index (χ2n) is 3.99. The summed E-state index contributed by atoms with van der Waals surface area (Å²) in [6, 6.07) is 5.61. The van der Waals surface area contributed by atoms with Gasteiger partial charge in [-0.05, 0) is 25.0 Å². The molecular formula is C12H12F2N2O. The molecule has 0 aliphatic heterocycles. The highest BCUT2D eigenvalue weighted by Crippen LogP contribution is 2.21. The zero-order valence-corrected chi connectivity index (χ0v) is 9.12. The summed E-state index contributed by atoms with van der Waals surface area (Å²) in [4.78, 5) is 0. The Morgan fingerprint density at radius 3 is 2.88 bits per heavy atom. The van der Waals surface area contributed by atoms with Gasteiger partial charge < -0.3 is 4.74 Å². The number of nitrogens with one attached hydrogen (secondary N) is 1. The molecule has 0 spiro atoms. The quantitative estimate of drug-likeness (QED) is 0.853. The van der Waals surface area contributed by atoms with Crippen LogP contribution in [0.25, 0.3) is 0 Å². The van der Waals surface area contributed by atoms with Gasteiger partial charge in [0.1, 0.15) is 12.6 Å². The van der Waals surface area contributed by atoms with Crippen LogP contribution in [0.1, 0.15) is 12.8 Å². The smallest absolute Gasteiger partial charge is 0.200 e. The van der Waals surface area contributed by atoms with E-state index < -0.39 is 17.7 Å². The van der Waals surface area contributed by atoms with Crippen molar-refractivity contribution in [2.75, 3.05) is 6.61 Å². The molecule has 0 heterocycles. The molecule has 1 fully saturated rings. The van der Waals surface area contributed by atoms with E-state index in [9.17, 15) is 8.78 Å². The van der Waals surface area contributed by atoms with Crippen LogP contribution in [-0.2, 0) is 0 Å². The Morgan fingerprint density at radius 2 is 2.24 bits per heavy atom. The predicted molar refractivity (Wildman–Crippen MR) is 57.4 cm³/mol. The number of ether oxygens (including phenoxy) is 1. The number of hydrogen-bond acceptors (Lipinski definition) is 3. The van der Waals surface area contributed by atoms with E-state index >= 15 is 0 Å². The number of hydrogen-bond donors (Lipinski definition) is 1. The Morgan fingerprint density at radius 1 is 1.47 bits per heavy atom. The van der Waals surface area contributed by atoms with Gasteiger partial charge in [-0.2, -0.15) is 9.65 Å².